The molecule has 1 aromatic rings. The molecule has 1 aromatic heterocycles. The number of aromatic nitrogens is 1. The first-order chi connectivity index (χ1) is 13.3. The Balaban J connectivity index is 0.000000416. The predicted molar refractivity (Wildman–Crippen MR) is 110 cm³/mol. The maximum absolute atomic E-state index is 9.55. The van der Waals surface area contributed by atoms with Gasteiger partial charge in [0.25, 0.3) is 0 Å². The van der Waals surface area contributed by atoms with Gasteiger partial charge in [0.15, 0.2) is 4.62 Å². The Kier molecular flexibility index (Phi) is 11.4. The molecule has 2 rings (SSSR count). The molecule has 3 N–H and O–H groups in total. The number of rotatable bonds is 7. The standard InChI is InChI=1S/C14H19BrClN3O.C4H4O4/c15-14(18-20)12-5-4-6-17-13(12)9-11(16)10-19-7-2-1-3-8-19;5-3(6)1-2-4(7)8/h4-6,11,20H,1-3,7-10H2;1-2H,(H,5,6)(H,7,8)/b;2-1-. The topological polar surface area (TPSA) is 123 Å². The van der Waals surface area contributed by atoms with Crippen molar-refractivity contribution in [1.82, 2.24) is 9.88 Å². The number of halogens is 2. The number of carboxylic acids is 2. The lowest BCUT2D eigenvalue weighted by molar-refractivity contribution is -0.134. The smallest absolute Gasteiger partial charge is 0.328 e. The minimum absolute atomic E-state index is 0.0146. The number of pyridine rings is 1. The van der Waals surface area contributed by atoms with Crippen molar-refractivity contribution in [3.05, 3.63) is 41.7 Å². The maximum Gasteiger partial charge on any atom is 0.328 e. The minimum atomic E-state index is -1.26. The van der Waals surface area contributed by atoms with E-state index in [4.69, 9.17) is 27.0 Å². The van der Waals surface area contributed by atoms with Gasteiger partial charge in [-0.2, -0.15) is 0 Å². The van der Waals surface area contributed by atoms with Crippen molar-refractivity contribution >= 4 is 44.1 Å². The molecule has 154 valence electrons. The van der Waals surface area contributed by atoms with Gasteiger partial charge < -0.3 is 20.3 Å². The van der Waals surface area contributed by atoms with E-state index in [0.717, 1.165) is 30.9 Å². The van der Waals surface area contributed by atoms with Crippen molar-refractivity contribution in [3.8, 4) is 0 Å². The molecule has 1 unspecified atom stereocenters. The molecular weight excluding hydrogens is 454 g/mol. The summed E-state index contributed by atoms with van der Waals surface area (Å²) in [5.74, 6) is -2.51. The number of aliphatic carboxylic acids is 2. The zero-order chi connectivity index (χ0) is 20.9. The van der Waals surface area contributed by atoms with E-state index in [9.17, 15) is 9.59 Å². The van der Waals surface area contributed by atoms with E-state index in [1.807, 2.05) is 12.1 Å². The number of nitrogens with zero attached hydrogens (tertiary/aromatic N) is 3. The third-order valence-electron chi connectivity index (χ3n) is 3.89. The van der Waals surface area contributed by atoms with Crippen LogP contribution in [0.25, 0.3) is 0 Å². The third kappa shape index (κ3) is 9.82. The van der Waals surface area contributed by atoms with Gasteiger partial charge in [-0.25, -0.2) is 9.59 Å². The van der Waals surface area contributed by atoms with Crippen molar-refractivity contribution < 1.29 is 25.0 Å². The molecule has 1 aliphatic rings. The Morgan fingerprint density at radius 2 is 1.86 bits per heavy atom. The number of oxime groups is 1. The second-order valence-corrected chi connectivity index (χ2v) is 7.43. The summed E-state index contributed by atoms with van der Waals surface area (Å²) >= 11 is 9.70. The molecule has 2 heterocycles. The summed E-state index contributed by atoms with van der Waals surface area (Å²) < 4.78 is 0.391. The molecule has 1 atom stereocenters. The number of piperidine rings is 1. The van der Waals surface area contributed by atoms with Gasteiger partial charge in [-0.1, -0.05) is 11.6 Å². The normalized spacial score (nSPS) is 16.3. The Labute approximate surface area is 176 Å². The van der Waals surface area contributed by atoms with Gasteiger partial charge in [-0.05, 0) is 54.0 Å². The summed E-state index contributed by atoms with van der Waals surface area (Å²) in [6.45, 7) is 3.16. The van der Waals surface area contributed by atoms with E-state index >= 15 is 0 Å². The first-order valence-corrected chi connectivity index (χ1v) is 9.88. The molecule has 0 bridgehead atoms. The lowest BCUT2D eigenvalue weighted by Crippen LogP contribution is -2.35. The lowest BCUT2D eigenvalue weighted by atomic mass is 10.1. The molecule has 1 saturated heterocycles. The molecule has 0 radical (unpaired) electrons. The number of alkyl halides is 1. The summed E-state index contributed by atoms with van der Waals surface area (Å²) in [6.07, 6.45) is 7.38. The fourth-order valence-corrected chi connectivity index (χ4v) is 3.38. The number of likely N-dealkylation sites (tertiary alicyclic amines) is 1. The van der Waals surface area contributed by atoms with Crippen LogP contribution >= 0.6 is 27.5 Å². The molecule has 0 aliphatic carbocycles. The summed E-state index contributed by atoms with van der Waals surface area (Å²) in [5.41, 5.74) is 1.65. The second kappa shape index (κ2) is 13.2. The highest BCUT2D eigenvalue weighted by Crippen LogP contribution is 2.17. The van der Waals surface area contributed by atoms with E-state index in [1.165, 1.54) is 19.3 Å². The SMILES string of the molecule is O=C(O)/C=C\C(=O)O.ON=C(Br)c1cccnc1CC(Cl)CN1CCCCC1. The molecule has 28 heavy (non-hydrogen) atoms. The van der Waals surface area contributed by atoms with Crippen LogP contribution in [0.5, 0.6) is 0 Å². The summed E-state index contributed by atoms with van der Waals surface area (Å²) in [4.78, 5) is 25.9. The van der Waals surface area contributed by atoms with E-state index in [2.05, 4.69) is 31.0 Å². The molecule has 1 aliphatic heterocycles. The number of hydrogen-bond acceptors (Lipinski definition) is 6. The van der Waals surface area contributed by atoms with Gasteiger partial charge in [-0.15, -0.1) is 11.6 Å². The van der Waals surface area contributed by atoms with Gasteiger partial charge >= 0.3 is 11.9 Å². The van der Waals surface area contributed by atoms with Gasteiger partial charge in [0.2, 0.25) is 0 Å². The quantitative estimate of drug-likeness (QED) is 0.182. The minimum Gasteiger partial charge on any atom is -0.478 e. The van der Waals surface area contributed by atoms with Crippen LogP contribution in [0.2, 0.25) is 0 Å². The summed E-state index contributed by atoms with van der Waals surface area (Å²) in [5, 5.41) is 27.7. The largest absolute Gasteiger partial charge is 0.478 e. The fourth-order valence-electron chi connectivity index (χ4n) is 2.68. The van der Waals surface area contributed by atoms with E-state index in [-0.39, 0.29) is 5.38 Å². The van der Waals surface area contributed by atoms with Crippen LogP contribution in [0.4, 0.5) is 0 Å². The van der Waals surface area contributed by atoms with Gasteiger partial charge in [0.1, 0.15) is 0 Å². The van der Waals surface area contributed by atoms with Crippen molar-refractivity contribution in [3.63, 3.8) is 0 Å². The van der Waals surface area contributed by atoms with Crippen LogP contribution in [0.1, 0.15) is 30.5 Å². The zero-order valence-corrected chi connectivity index (χ0v) is 17.5. The Bertz CT molecular complexity index is 692. The molecule has 0 spiro atoms. The predicted octanol–water partition coefficient (Wildman–Crippen LogP) is 2.96. The number of hydrogen-bond donors (Lipinski definition) is 3. The molecular formula is C18H23BrClN3O5. The first kappa shape index (κ1) is 24.1. The van der Waals surface area contributed by atoms with E-state index in [1.54, 1.807) is 6.20 Å². The highest BCUT2D eigenvalue weighted by Gasteiger charge is 2.17. The first-order valence-electron chi connectivity index (χ1n) is 8.65. The number of carboxylic acid groups (broad SMARTS) is 2. The summed E-state index contributed by atoms with van der Waals surface area (Å²) in [7, 11) is 0. The van der Waals surface area contributed by atoms with Crippen LogP contribution < -0.4 is 0 Å². The average molecular weight is 477 g/mol. The van der Waals surface area contributed by atoms with Crippen molar-refractivity contribution in [2.24, 2.45) is 5.16 Å². The highest BCUT2D eigenvalue weighted by atomic mass is 79.9. The average Bonchev–Trinajstić information content (AvgIpc) is 2.67. The monoisotopic (exact) mass is 475 g/mol. The van der Waals surface area contributed by atoms with Crippen molar-refractivity contribution in [2.75, 3.05) is 19.6 Å². The number of carbonyl (C=O) groups is 2. The molecule has 0 amide bonds. The van der Waals surface area contributed by atoms with Crippen LogP contribution in [0.3, 0.4) is 0 Å². The molecule has 8 nitrogen and oxygen atoms in total. The second-order valence-electron chi connectivity index (χ2n) is 6.06. The van der Waals surface area contributed by atoms with E-state index in [0.29, 0.717) is 23.2 Å². The zero-order valence-electron chi connectivity index (χ0n) is 15.2. The molecule has 10 heteroatoms. The van der Waals surface area contributed by atoms with Gasteiger partial charge in [0.05, 0.1) is 11.1 Å². The third-order valence-corrected chi connectivity index (χ3v) is 4.77. The Hall–Kier alpha value is -1.97. The van der Waals surface area contributed by atoms with E-state index < -0.39 is 11.9 Å². The molecule has 0 saturated carbocycles. The summed E-state index contributed by atoms with van der Waals surface area (Å²) in [6, 6.07) is 3.69. The van der Waals surface area contributed by atoms with Crippen LogP contribution in [0, 0.1) is 0 Å². The Morgan fingerprint density at radius 3 is 2.39 bits per heavy atom. The molecule has 1 fully saturated rings. The molecule has 0 aromatic carbocycles. The fraction of sp³-hybridized carbons (Fsp3) is 0.444. The lowest BCUT2D eigenvalue weighted by Gasteiger charge is -2.28. The van der Waals surface area contributed by atoms with Crippen LogP contribution in [-0.2, 0) is 16.0 Å². The Morgan fingerprint density at radius 1 is 1.25 bits per heavy atom. The maximum atomic E-state index is 9.55. The van der Waals surface area contributed by atoms with Crippen LogP contribution in [0.15, 0.2) is 35.6 Å². The van der Waals surface area contributed by atoms with Crippen LogP contribution in [-0.4, -0.2) is 66.9 Å². The van der Waals surface area contributed by atoms with Crippen molar-refractivity contribution in [2.45, 2.75) is 31.1 Å². The highest BCUT2D eigenvalue weighted by molar-refractivity contribution is 9.18. The van der Waals surface area contributed by atoms with Crippen molar-refractivity contribution in [1.29, 1.82) is 0 Å². The van der Waals surface area contributed by atoms with Gasteiger partial charge in [0, 0.05) is 36.9 Å². The van der Waals surface area contributed by atoms with Gasteiger partial charge in [-0.3, -0.25) is 4.98 Å².